The molecule has 2 fully saturated rings. The number of ether oxygens (including phenoxy) is 2. The summed E-state index contributed by atoms with van der Waals surface area (Å²) in [6.07, 6.45) is 3.65. The van der Waals surface area contributed by atoms with E-state index < -0.39 is 5.79 Å². The van der Waals surface area contributed by atoms with Crippen molar-refractivity contribution in [2.45, 2.75) is 59.2 Å². The molecule has 0 aromatic rings. The van der Waals surface area contributed by atoms with Crippen molar-refractivity contribution in [3.8, 4) is 0 Å². The van der Waals surface area contributed by atoms with Crippen LogP contribution in [0.15, 0.2) is 11.1 Å². The molecule has 0 saturated heterocycles. The Labute approximate surface area is 122 Å². The summed E-state index contributed by atoms with van der Waals surface area (Å²) in [5.41, 5.74) is 2.50. The lowest BCUT2D eigenvalue weighted by atomic mass is 9.84. The number of methoxy groups -OCH3 is 2. The maximum absolute atomic E-state index is 12.2. The van der Waals surface area contributed by atoms with Gasteiger partial charge in [-0.15, -0.1) is 0 Å². The van der Waals surface area contributed by atoms with Crippen molar-refractivity contribution in [2.75, 3.05) is 14.2 Å². The minimum absolute atomic E-state index is 0.221. The van der Waals surface area contributed by atoms with Gasteiger partial charge in [0.1, 0.15) is 0 Å². The van der Waals surface area contributed by atoms with E-state index in [1.165, 1.54) is 5.57 Å². The van der Waals surface area contributed by atoms with Crippen molar-refractivity contribution in [2.24, 2.45) is 17.3 Å². The Morgan fingerprint density at radius 2 is 1.95 bits per heavy atom. The average molecular weight is 280 g/mol. The summed E-state index contributed by atoms with van der Waals surface area (Å²) in [6.45, 7) is 8.37. The van der Waals surface area contributed by atoms with E-state index in [9.17, 15) is 4.79 Å². The number of hydrogen-bond acceptors (Lipinski definition) is 3. The zero-order valence-electron chi connectivity index (χ0n) is 13.7. The van der Waals surface area contributed by atoms with E-state index in [0.29, 0.717) is 17.6 Å². The lowest BCUT2D eigenvalue weighted by molar-refractivity contribution is -0.198. The van der Waals surface area contributed by atoms with Gasteiger partial charge in [-0.25, -0.2) is 0 Å². The van der Waals surface area contributed by atoms with Gasteiger partial charge in [0, 0.05) is 27.1 Å². The van der Waals surface area contributed by atoms with Crippen molar-refractivity contribution in [3.05, 3.63) is 11.1 Å². The number of carbonyl (C=O) groups excluding carboxylic acids is 1. The van der Waals surface area contributed by atoms with E-state index in [-0.39, 0.29) is 5.41 Å². The monoisotopic (exact) mass is 280 g/mol. The second kappa shape index (κ2) is 5.27. The second-order valence-electron chi connectivity index (χ2n) is 7.08. The summed E-state index contributed by atoms with van der Waals surface area (Å²) in [5.74, 6) is 1.18. The maximum atomic E-state index is 12.2. The molecule has 0 bridgehead atoms. The van der Waals surface area contributed by atoms with Crippen LogP contribution >= 0.6 is 0 Å². The van der Waals surface area contributed by atoms with Crippen LogP contribution < -0.4 is 0 Å². The van der Waals surface area contributed by atoms with E-state index >= 15 is 0 Å². The highest BCUT2D eigenvalue weighted by Crippen LogP contribution is 2.68. The van der Waals surface area contributed by atoms with E-state index in [1.54, 1.807) is 14.2 Å². The predicted octanol–water partition coefficient (Wildman–Crippen LogP) is 3.73. The van der Waals surface area contributed by atoms with Gasteiger partial charge in [0.15, 0.2) is 11.6 Å². The summed E-state index contributed by atoms with van der Waals surface area (Å²) in [7, 11) is 3.38. The molecule has 2 aliphatic rings. The molecular formula is C17H28O3. The van der Waals surface area contributed by atoms with Crippen molar-refractivity contribution >= 4 is 5.78 Å². The third-order valence-corrected chi connectivity index (χ3v) is 5.75. The molecule has 0 amide bonds. The molecule has 0 heterocycles. The summed E-state index contributed by atoms with van der Waals surface area (Å²) >= 11 is 0. The second-order valence-corrected chi connectivity index (χ2v) is 7.08. The van der Waals surface area contributed by atoms with Gasteiger partial charge in [-0.1, -0.05) is 12.5 Å². The standard InChI is InChI=1S/C17H28O3/c1-11(2)12-9-14-13(16(14,3)10-15(12)18)7-8-17(4,19-5)20-6/h13-14H,7-10H2,1-6H3/t13-,14-,16+/m1/s1. The Hall–Kier alpha value is -0.670. The van der Waals surface area contributed by atoms with Crippen LogP contribution in [-0.4, -0.2) is 25.8 Å². The van der Waals surface area contributed by atoms with Gasteiger partial charge in [0.2, 0.25) is 0 Å². The van der Waals surface area contributed by atoms with Gasteiger partial charge in [-0.3, -0.25) is 4.79 Å². The molecule has 2 aliphatic carbocycles. The third-order valence-electron chi connectivity index (χ3n) is 5.75. The minimum Gasteiger partial charge on any atom is -0.353 e. The Morgan fingerprint density at radius 3 is 2.45 bits per heavy atom. The van der Waals surface area contributed by atoms with Crippen LogP contribution in [0.5, 0.6) is 0 Å². The first-order valence-electron chi connectivity index (χ1n) is 7.57. The van der Waals surface area contributed by atoms with Crippen LogP contribution in [0.3, 0.4) is 0 Å². The first-order valence-corrected chi connectivity index (χ1v) is 7.57. The lowest BCUT2D eigenvalue weighted by Crippen LogP contribution is -2.29. The van der Waals surface area contributed by atoms with Crippen LogP contribution in [0.25, 0.3) is 0 Å². The van der Waals surface area contributed by atoms with E-state index in [2.05, 4.69) is 20.8 Å². The van der Waals surface area contributed by atoms with Gasteiger partial charge in [-0.2, -0.15) is 0 Å². The number of fused-ring (bicyclic) bond motifs is 1. The summed E-state index contributed by atoms with van der Waals surface area (Å²) in [5, 5.41) is 0. The molecule has 0 aromatic carbocycles. The number of carbonyl (C=O) groups is 1. The predicted molar refractivity (Wildman–Crippen MR) is 79.4 cm³/mol. The smallest absolute Gasteiger partial charge is 0.164 e. The fraction of sp³-hybridized carbons (Fsp3) is 0.824. The highest BCUT2D eigenvalue weighted by atomic mass is 16.7. The Kier molecular flexibility index (Phi) is 4.14. The fourth-order valence-electron chi connectivity index (χ4n) is 3.91. The molecule has 0 unspecified atom stereocenters. The quantitative estimate of drug-likeness (QED) is 0.568. The van der Waals surface area contributed by atoms with Crippen molar-refractivity contribution < 1.29 is 14.3 Å². The number of Topliss-reactive ketones (excluding diaryl/α,β-unsaturated/α-hetero) is 1. The zero-order valence-corrected chi connectivity index (χ0v) is 13.7. The summed E-state index contributed by atoms with van der Waals surface area (Å²) in [6, 6.07) is 0. The molecule has 0 aliphatic heterocycles. The molecule has 3 atom stereocenters. The topological polar surface area (TPSA) is 35.5 Å². The number of hydrogen-bond donors (Lipinski definition) is 0. The van der Waals surface area contributed by atoms with E-state index in [0.717, 1.165) is 31.3 Å². The minimum atomic E-state index is -0.495. The molecule has 0 radical (unpaired) electrons. The highest BCUT2D eigenvalue weighted by molar-refractivity contribution is 5.98. The average Bonchev–Trinajstić information content (AvgIpc) is 2.97. The molecule has 2 rings (SSSR count). The molecule has 0 N–H and O–H groups in total. The molecule has 2 saturated carbocycles. The molecule has 3 nitrogen and oxygen atoms in total. The largest absolute Gasteiger partial charge is 0.353 e. The van der Waals surface area contributed by atoms with Gasteiger partial charge in [0.25, 0.3) is 0 Å². The van der Waals surface area contributed by atoms with Gasteiger partial charge < -0.3 is 9.47 Å². The summed E-state index contributed by atoms with van der Waals surface area (Å²) < 4.78 is 10.9. The zero-order chi connectivity index (χ0) is 15.1. The highest BCUT2D eigenvalue weighted by Gasteiger charge is 2.63. The molecule has 0 aromatic heterocycles. The van der Waals surface area contributed by atoms with Crippen LogP contribution in [0.1, 0.15) is 53.4 Å². The van der Waals surface area contributed by atoms with Gasteiger partial charge in [0.05, 0.1) is 0 Å². The third kappa shape index (κ3) is 2.58. The molecule has 0 spiro atoms. The van der Waals surface area contributed by atoms with Crippen LogP contribution in [0.2, 0.25) is 0 Å². The Balaban J connectivity index is 2.01. The van der Waals surface area contributed by atoms with Crippen molar-refractivity contribution in [1.82, 2.24) is 0 Å². The van der Waals surface area contributed by atoms with Crippen LogP contribution in [0.4, 0.5) is 0 Å². The molecule has 114 valence electrons. The number of ketones is 1. The summed E-state index contributed by atoms with van der Waals surface area (Å²) in [4.78, 5) is 12.2. The molecular weight excluding hydrogens is 252 g/mol. The maximum Gasteiger partial charge on any atom is 0.164 e. The van der Waals surface area contributed by atoms with Crippen molar-refractivity contribution in [1.29, 1.82) is 0 Å². The van der Waals surface area contributed by atoms with Crippen LogP contribution in [-0.2, 0) is 14.3 Å². The normalized spacial score (nSPS) is 33.1. The SMILES string of the molecule is COC(C)(CC[C@@H]1[C@H]2CC(=C(C)C)C(=O)C[C@@]12C)OC. The van der Waals surface area contributed by atoms with Crippen molar-refractivity contribution in [3.63, 3.8) is 0 Å². The Bertz CT molecular complexity index is 430. The molecule has 20 heavy (non-hydrogen) atoms. The van der Waals surface area contributed by atoms with Crippen LogP contribution in [0, 0.1) is 17.3 Å². The number of rotatable bonds is 5. The van der Waals surface area contributed by atoms with E-state index in [4.69, 9.17) is 9.47 Å². The molecule has 3 heteroatoms. The van der Waals surface area contributed by atoms with Gasteiger partial charge in [-0.05, 0) is 56.4 Å². The lowest BCUT2D eigenvalue weighted by Gasteiger charge is -2.26. The first-order chi connectivity index (χ1) is 9.27. The number of allylic oxidation sites excluding steroid dienone is 2. The Morgan fingerprint density at radius 1 is 1.35 bits per heavy atom. The first kappa shape index (κ1) is 15.7. The van der Waals surface area contributed by atoms with E-state index in [1.807, 2.05) is 6.92 Å². The van der Waals surface area contributed by atoms with Gasteiger partial charge >= 0.3 is 0 Å². The fourth-order valence-corrected chi connectivity index (χ4v) is 3.91.